The van der Waals surface area contributed by atoms with Crippen LogP contribution in [0.3, 0.4) is 0 Å². The van der Waals surface area contributed by atoms with Crippen LogP contribution in [0.25, 0.3) is 0 Å². The Labute approximate surface area is 130 Å². The molecular weight excluding hydrogens is 318 g/mol. The fourth-order valence-electron chi connectivity index (χ4n) is 1.18. The smallest absolute Gasteiger partial charge is 0.335 e. The van der Waals surface area contributed by atoms with Gasteiger partial charge >= 0.3 is 23.9 Å². The molecule has 0 rings (SSSR count). The van der Waals surface area contributed by atoms with Gasteiger partial charge in [0.1, 0.15) is 18.8 Å². The van der Waals surface area contributed by atoms with Crippen molar-refractivity contribution in [3.8, 4) is 0 Å². The Morgan fingerprint density at radius 1 is 1.09 bits per heavy atom. The summed E-state index contributed by atoms with van der Waals surface area (Å²) in [7, 11) is 0. The molecule has 3 atom stereocenters. The highest BCUT2D eigenvalue weighted by Gasteiger charge is 2.24. The number of carbonyl (C=O) groups is 4. The molecule has 0 aliphatic carbocycles. The zero-order chi connectivity index (χ0) is 18.0. The van der Waals surface area contributed by atoms with Gasteiger partial charge in [-0.25, -0.2) is 4.79 Å². The molecule has 0 aromatic rings. The third-order valence-corrected chi connectivity index (χ3v) is 2.47. The lowest BCUT2D eigenvalue weighted by Gasteiger charge is -2.12. The Kier molecular flexibility index (Phi) is 9.65. The lowest BCUT2D eigenvalue weighted by Crippen LogP contribution is -2.32. The molecule has 0 fully saturated rings. The maximum atomic E-state index is 11.3. The average molecular weight is 337 g/mol. The number of carbonyl (C=O) groups excluding carboxylic acids is 3. The van der Waals surface area contributed by atoms with E-state index in [0.29, 0.717) is 0 Å². The molecule has 0 aromatic carbocycles. The molecule has 0 saturated heterocycles. The molecule has 0 radical (unpaired) electrons. The van der Waals surface area contributed by atoms with E-state index in [1.54, 1.807) is 0 Å². The SMILES string of the molecule is N[C@@H](CCC(=O)OC(=O)CC(O)C(=O)OCC(O)CO)C(=O)O. The number of aliphatic carboxylic acids is 1. The highest BCUT2D eigenvalue weighted by atomic mass is 16.6. The van der Waals surface area contributed by atoms with E-state index in [1.165, 1.54) is 0 Å². The van der Waals surface area contributed by atoms with Gasteiger partial charge in [-0.05, 0) is 6.42 Å². The number of carboxylic acids is 1. The van der Waals surface area contributed by atoms with Gasteiger partial charge in [0.2, 0.25) is 0 Å². The largest absolute Gasteiger partial charge is 0.480 e. The monoisotopic (exact) mass is 337 g/mol. The maximum absolute atomic E-state index is 11.3. The summed E-state index contributed by atoms with van der Waals surface area (Å²) in [6.45, 7) is -1.23. The number of esters is 3. The third-order valence-electron chi connectivity index (χ3n) is 2.47. The van der Waals surface area contributed by atoms with Crippen molar-refractivity contribution in [3.05, 3.63) is 0 Å². The van der Waals surface area contributed by atoms with Gasteiger partial charge in [0.15, 0.2) is 6.10 Å². The van der Waals surface area contributed by atoms with Gasteiger partial charge in [-0.1, -0.05) is 0 Å². The van der Waals surface area contributed by atoms with Gasteiger partial charge < -0.3 is 35.6 Å². The fourth-order valence-corrected chi connectivity index (χ4v) is 1.18. The zero-order valence-electron chi connectivity index (χ0n) is 12.1. The lowest BCUT2D eigenvalue weighted by atomic mass is 10.2. The van der Waals surface area contributed by atoms with E-state index < -0.39 is 68.2 Å². The summed E-state index contributed by atoms with van der Waals surface area (Å²) in [5.41, 5.74) is 5.15. The number of hydrogen-bond donors (Lipinski definition) is 5. The molecule has 0 amide bonds. The first-order valence-corrected chi connectivity index (χ1v) is 6.52. The molecule has 11 nitrogen and oxygen atoms in total. The van der Waals surface area contributed by atoms with E-state index >= 15 is 0 Å². The van der Waals surface area contributed by atoms with Gasteiger partial charge in [-0.3, -0.25) is 14.4 Å². The van der Waals surface area contributed by atoms with Crippen molar-refractivity contribution in [2.75, 3.05) is 13.2 Å². The predicted octanol–water partition coefficient (Wildman–Crippen LogP) is -3.10. The molecule has 11 heteroatoms. The van der Waals surface area contributed by atoms with Gasteiger partial charge in [0.25, 0.3) is 0 Å². The highest BCUT2D eigenvalue weighted by Crippen LogP contribution is 2.02. The predicted molar refractivity (Wildman–Crippen MR) is 70.6 cm³/mol. The normalized spacial score (nSPS) is 14.4. The van der Waals surface area contributed by atoms with Crippen molar-refractivity contribution < 1.29 is 49.1 Å². The minimum absolute atomic E-state index is 0.245. The van der Waals surface area contributed by atoms with E-state index in [4.69, 9.17) is 21.1 Å². The molecule has 0 aliphatic heterocycles. The quantitative estimate of drug-likeness (QED) is 0.200. The van der Waals surface area contributed by atoms with Crippen LogP contribution in [0, 0.1) is 0 Å². The molecule has 6 N–H and O–H groups in total. The van der Waals surface area contributed by atoms with Crippen molar-refractivity contribution in [3.63, 3.8) is 0 Å². The first-order chi connectivity index (χ1) is 10.7. The Morgan fingerprint density at radius 2 is 1.70 bits per heavy atom. The third kappa shape index (κ3) is 9.52. The van der Waals surface area contributed by atoms with Crippen LogP contribution in [-0.4, -0.2) is 75.8 Å². The maximum Gasteiger partial charge on any atom is 0.335 e. The average Bonchev–Trinajstić information content (AvgIpc) is 2.49. The number of aliphatic hydroxyl groups is 3. The summed E-state index contributed by atoms with van der Waals surface area (Å²) in [6.07, 6.45) is -4.78. The van der Waals surface area contributed by atoms with Crippen molar-refractivity contribution in [1.82, 2.24) is 0 Å². The number of carboxylic acid groups (broad SMARTS) is 1. The van der Waals surface area contributed by atoms with Crippen molar-refractivity contribution in [2.24, 2.45) is 5.73 Å². The molecule has 132 valence electrons. The van der Waals surface area contributed by atoms with E-state index in [1.807, 2.05) is 0 Å². The van der Waals surface area contributed by atoms with Crippen LogP contribution in [0.15, 0.2) is 0 Å². The second-order valence-electron chi connectivity index (χ2n) is 4.52. The van der Waals surface area contributed by atoms with Crippen molar-refractivity contribution >= 4 is 23.9 Å². The Balaban J connectivity index is 4.10. The van der Waals surface area contributed by atoms with Crippen LogP contribution < -0.4 is 5.73 Å². The molecule has 0 spiro atoms. The second-order valence-corrected chi connectivity index (χ2v) is 4.52. The number of nitrogens with two attached hydrogens (primary N) is 1. The van der Waals surface area contributed by atoms with Crippen molar-refractivity contribution in [2.45, 2.75) is 37.5 Å². The summed E-state index contributed by atoms with van der Waals surface area (Å²) in [5.74, 6) is -4.82. The molecule has 0 aromatic heterocycles. The Hall–Kier alpha value is -2.08. The molecule has 23 heavy (non-hydrogen) atoms. The lowest BCUT2D eigenvalue weighted by molar-refractivity contribution is -0.167. The topological polar surface area (TPSA) is 194 Å². The standard InChI is InChI=1S/C12H19NO10/c13-7(11(19)20)1-2-9(17)23-10(18)3-8(16)12(21)22-5-6(15)4-14/h6-8,14-16H,1-5,13H2,(H,19,20)/t6?,7-,8?/m0/s1. The highest BCUT2D eigenvalue weighted by molar-refractivity contribution is 5.88. The Bertz CT molecular complexity index is 438. The molecule has 0 saturated carbocycles. The van der Waals surface area contributed by atoms with Crippen LogP contribution in [0.2, 0.25) is 0 Å². The fraction of sp³-hybridized carbons (Fsp3) is 0.667. The second kappa shape index (κ2) is 10.6. The first-order valence-electron chi connectivity index (χ1n) is 6.52. The molecule has 2 unspecified atom stereocenters. The molecule has 0 aliphatic rings. The molecule has 0 heterocycles. The van der Waals surface area contributed by atoms with E-state index in [-0.39, 0.29) is 6.42 Å². The van der Waals surface area contributed by atoms with Gasteiger partial charge in [-0.15, -0.1) is 0 Å². The minimum atomic E-state index is -1.91. The van der Waals surface area contributed by atoms with Gasteiger partial charge in [0, 0.05) is 6.42 Å². The van der Waals surface area contributed by atoms with E-state index in [2.05, 4.69) is 9.47 Å². The number of ether oxygens (including phenoxy) is 2. The summed E-state index contributed by atoms with van der Waals surface area (Å²) in [4.78, 5) is 44.2. The number of aliphatic hydroxyl groups excluding tert-OH is 3. The molecular formula is C12H19NO10. The van der Waals surface area contributed by atoms with Crippen LogP contribution in [0.1, 0.15) is 19.3 Å². The molecule has 0 bridgehead atoms. The van der Waals surface area contributed by atoms with Crippen LogP contribution in [0.5, 0.6) is 0 Å². The first kappa shape index (κ1) is 20.9. The number of rotatable bonds is 10. The van der Waals surface area contributed by atoms with Crippen LogP contribution in [-0.2, 0) is 28.7 Å². The minimum Gasteiger partial charge on any atom is -0.480 e. The van der Waals surface area contributed by atoms with Crippen molar-refractivity contribution in [1.29, 1.82) is 0 Å². The van der Waals surface area contributed by atoms with Gasteiger partial charge in [-0.2, -0.15) is 0 Å². The summed E-state index contributed by atoms with van der Waals surface area (Å²) < 4.78 is 8.66. The number of hydrogen-bond acceptors (Lipinski definition) is 10. The van der Waals surface area contributed by atoms with Crippen LogP contribution in [0.4, 0.5) is 0 Å². The van der Waals surface area contributed by atoms with E-state index in [9.17, 15) is 24.3 Å². The zero-order valence-corrected chi connectivity index (χ0v) is 12.1. The van der Waals surface area contributed by atoms with E-state index in [0.717, 1.165) is 0 Å². The summed E-state index contributed by atoms with van der Waals surface area (Å²) in [5, 5.41) is 35.3. The van der Waals surface area contributed by atoms with Crippen LogP contribution >= 0.6 is 0 Å². The van der Waals surface area contributed by atoms with Gasteiger partial charge in [0.05, 0.1) is 13.0 Å². The summed E-state index contributed by atoms with van der Waals surface area (Å²) in [6, 6.07) is -1.28. The summed E-state index contributed by atoms with van der Waals surface area (Å²) >= 11 is 0. The Morgan fingerprint density at radius 3 is 2.22 bits per heavy atom.